The second-order valence-electron chi connectivity index (χ2n) is 7.55. The van der Waals surface area contributed by atoms with Crippen molar-refractivity contribution in [2.45, 2.75) is 26.3 Å². The zero-order chi connectivity index (χ0) is 21.5. The summed E-state index contributed by atoms with van der Waals surface area (Å²) in [4.78, 5) is 30.1. The van der Waals surface area contributed by atoms with Crippen molar-refractivity contribution < 1.29 is 19.1 Å². The lowest BCUT2D eigenvalue weighted by Crippen LogP contribution is -2.48. The highest BCUT2D eigenvalue weighted by atomic mass is 16.5. The van der Waals surface area contributed by atoms with Crippen LogP contribution in [0.3, 0.4) is 0 Å². The van der Waals surface area contributed by atoms with Crippen molar-refractivity contribution in [1.29, 1.82) is 0 Å². The van der Waals surface area contributed by atoms with E-state index in [2.05, 4.69) is 27.5 Å². The number of amides is 2. The molecule has 1 atom stereocenters. The number of carbonyl (C=O) groups is 2. The summed E-state index contributed by atoms with van der Waals surface area (Å²) in [6, 6.07) is 6.50. The zero-order valence-corrected chi connectivity index (χ0v) is 18.1. The largest absolute Gasteiger partial charge is 0.494 e. The average Bonchev–Trinajstić information content (AvgIpc) is 2.92. The average molecular weight is 417 g/mol. The zero-order valence-electron chi connectivity index (χ0n) is 18.1. The molecule has 8 heteroatoms. The van der Waals surface area contributed by atoms with E-state index >= 15 is 0 Å². The number of hydrogen-bond donors (Lipinski definition) is 2. The fourth-order valence-electron chi connectivity index (χ4n) is 3.91. The first-order chi connectivity index (χ1) is 14.5. The van der Waals surface area contributed by atoms with Crippen molar-refractivity contribution >= 4 is 12.0 Å². The smallest absolute Gasteiger partial charge is 0.338 e. The Kier molecular flexibility index (Phi) is 7.70. The van der Waals surface area contributed by atoms with E-state index in [1.165, 1.54) is 0 Å². The number of likely N-dealkylation sites (N-methyl/N-ethyl adjacent to an activating group) is 1. The summed E-state index contributed by atoms with van der Waals surface area (Å²) in [6.45, 7) is 8.70. The van der Waals surface area contributed by atoms with Crippen molar-refractivity contribution in [3.05, 3.63) is 41.1 Å². The number of benzene rings is 1. The van der Waals surface area contributed by atoms with Gasteiger partial charge in [0.15, 0.2) is 0 Å². The van der Waals surface area contributed by atoms with Crippen LogP contribution < -0.4 is 15.4 Å². The van der Waals surface area contributed by atoms with E-state index in [0.717, 1.165) is 38.2 Å². The third-order valence-electron chi connectivity index (χ3n) is 5.37. The van der Waals surface area contributed by atoms with Gasteiger partial charge in [-0.25, -0.2) is 9.59 Å². The molecule has 3 rings (SSSR count). The SMILES string of the molecule is CCOC(=O)C1=C(CN2CCCN(C)CC2)NC(=O)N[C@@H]1c1ccccc1OCC. The van der Waals surface area contributed by atoms with Crippen LogP contribution in [0.1, 0.15) is 31.9 Å². The van der Waals surface area contributed by atoms with Gasteiger partial charge in [-0.05, 0) is 46.5 Å². The Labute approximate surface area is 178 Å². The fourth-order valence-corrected chi connectivity index (χ4v) is 3.91. The van der Waals surface area contributed by atoms with Crippen molar-refractivity contribution in [1.82, 2.24) is 20.4 Å². The monoisotopic (exact) mass is 416 g/mol. The van der Waals surface area contributed by atoms with Crippen LogP contribution in [0, 0.1) is 0 Å². The first-order valence-electron chi connectivity index (χ1n) is 10.6. The highest BCUT2D eigenvalue weighted by Gasteiger charge is 2.35. The summed E-state index contributed by atoms with van der Waals surface area (Å²) in [7, 11) is 2.11. The van der Waals surface area contributed by atoms with Crippen LogP contribution in [0.15, 0.2) is 35.5 Å². The lowest BCUT2D eigenvalue weighted by molar-refractivity contribution is -0.139. The standard InChI is InChI=1S/C22H32N4O4/c1-4-29-18-10-7-6-9-16(18)20-19(21(27)30-5-2)17(23-22(28)24-20)15-26-12-8-11-25(3)13-14-26/h6-7,9-10,20H,4-5,8,11-15H2,1-3H3,(H2,23,24,28)/t20-/m1/s1. The lowest BCUT2D eigenvalue weighted by Gasteiger charge is -2.32. The maximum atomic E-state index is 13.0. The third kappa shape index (κ3) is 5.31. The van der Waals surface area contributed by atoms with Gasteiger partial charge in [0, 0.05) is 30.9 Å². The van der Waals surface area contributed by atoms with E-state index < -0.39 is 12.0 Å². The van der Waals surface area contributed by atoms with Crippen molar-refractivity contribution in [3.63, 3.8) is 0 Å². The molecule has 0 bridgehead atoms. The first kappa shape index (κ1) is 22.1. The second-order valence-corrected chi connectivity index (χ2v) is 7.55. The number of urea groups is 1. The van der Waals surface area contributed by atoms with Crippen LogP contribution in [-0.2, 0) is 9.53 Å². The quantitative estimate of drug-likeness (QED) is 0.661. The van der Waals surface area contributed by atoms with Crippen LogP contribution >= 0.6 is 0 Å². The van der Waals surface area contributed by atoms with Gasteiger partial charge in [-0.15, -0.1) is 0 Å². The third-order valence-corrected chi connectivity index (χ3v) is 5.37. The molecule has 2 N–H and O–H groups in total. The minimum absolute atomic E-state index is 0.262. The number of ether oxygens (including phenoxy) is 2. The van der Waals surface area contributed by atoms with Gasteiger partial charge in [0.1, 0.15) is 5.75 Å². The molecule has 0 radical (unpaired) electrons. The minimum atomic E-state index is -0.634. The van der Waals surface area contributed by atoms with Crippen LogP contribution in [0.2, 0.25) is 0 Å². The maximum Gasteiger partial charge on any atom is 0.338 e. The maximum absolute atomic E-state index is 13.0. The molecule has 0 saturated carbocycles. The molecule has 30 heavy (non-hydrogen) atoms. The van der Waals surface area contributed by atoms with Gasteiger partial charge >= 0.3 is 12.0 Å². The molecule has 2 aliphatic heterocycles. The summed E-state index contributed by atoms with van der Waals surface area (Å²) in [6.07, 6.45) is 1.04. The summed E-state index contributed by atoms with van der Waals surface area (Å²) in [5, 5.41) is 5.76. The molecule has 0 aliphatic carbocycles. The van der Waals surface area contributed by atoms with Crippen molar-refractivity contribution in [3.8, 4) is 5.75 Å². The predicted octanol–water partition coefficient (Wildman–Crippen LogP) is 1.89. The Balaban J connectivity index is 1.99. The lowest BCUT2D eigenvalue weighted by atomic mass is 9.94. The molecule has 0 aromatic heterocycles. The van der Waals surface area contributed by atoms with Crippen LogP contribution in [0.5, 0.6) is 5.75 Å². The van der Waals surface area contributed by atoms with Crippen LogP contribution in [0.25, 0.3) is 0 Å². The Bertz CT molecular complexity index is 795. The molecule has 2 heterocycles. The van der Waals surface area contributed by atoms with E-state index in [-0.39, 0.29) is 12.6 Å². The van der Waals surface area contributed by atoms with Crippen LogP contribution in [0.4, 0.5) is 4.79 Å². The fraction of sp³-hybridized carbons (Fsp3) is 0.545. The number of hydrogen-bond acceptors (Lipinski definition) is 6. The predicted molar refractivity (Wildman–Crippen MR) is 114 cm³/mol. The van der Waals surface area contributed by atoms with Gasteiger partial charge in [0.2, 0.25) is 0 Å². The van der Waals surface area contributed by atoms with E-state index in [0.29, 0.717) is 30.2 Å². The Hall–Kier alpha value is -2.58. The van der Waals surface area contributed by atoms with Crippen molar-refractivity contribution in [2.75, 3.05) is 53.0 Å². The first-order valence-corrected chi connectivity index (χ1v) is 10.6. The molecule has 2 amide bonds. The van der Waals surface area contributed by atoms with Gasteiger partial charge < -0.3 is 25.0 Å². The molecule has 1 fully saturated rings. The topological polar surface area (TPSA) is 83.1 Å². The Morgan fingerprint density at radius 1 is 1.13 bits per heavy atom. The van der Waals surface area contributed by atoms with E-state index in [4.69, 9.17) is 9.47 Å². The number of esters is 1. The number of carbonyl (C=O) groups excluding carboxylic acids is 2. The molecule has 1 saturated heterocycles. The highest BCUT2D eigenvalue weighted by molar-refractivity contribution is 5.95. The Morgan fingerprint density at radius 2 is 1.93 bits per heavy atom. The molecule has 1 aromatic carbocycles. The van der Waals surface area contributed by atoms with Gasteiger partial charge in [-0.1, -0.05) is 18.2 Å². The number of nitrogens with one attached hydrogen (secondary N) is 2. The molecule has 0 spiro atoms. The summed E-state index contributed by atoms with van der Waals surface area (Å²) in [5.74, 6) is 0.216. The molecule has 2 aliphatic rings. The van der Waals surface area contributed by atoms with Gasteiger partial charge in [0.05, 0.1) is 24.8 Å². The number of para-hydroxylation sites is 1. The summed E-state index contributed by atoms with van der Waals surface area (Å²) in [5.41, 5.74) is 1.77. The normalized spacial score (nSPS) is 20.9. The Morgan fingerprint density at radius 3 is 2.70 bits per heavy atom. The molecule has 0 unspecified atom stereocenters. The van der Waals surface area contributed by atoms with Gasteiger partial charge in [-0.2, -0.15) is 0 Å². The molecule has 164 valence electrons. The summed E-state index contributed by atoms with van der Waals surface area (Å²) < 4.78 is 11.1. The van der Waals surface area contributed by atoms with Gasteiger partial charge in [0.25, 0.3) is 0 Å². The number of nitrogens with zero attached hydrogens (tertiary/aromatic N) is 2. The summed E-state index contributed by atoms with van der Waals surface area (Å²) >= 11 is 0. The molecule has 1 aromatic rings. The second kappa shape index (κ2) is 10.4. The molecular formula is C22H32N4O4. The van der Waals surface area contributed by atoms with Crippen LogP contribution in [-0.4, -0.2) is 74.8 Å². The number of rotatable bonds is 7. The van der Waals surface area contributed by atoms with Crippen molar-refractivity contribution in [2.24, 2.45) is 0 Å². The van der Waals surface area contributed by atoms with E-state index in [1.54, 1.807) is 6.92 Å². The van der Waals surface area contributed by atoms with E-state index in [9.17, 15) is 9.59 Å². The minimum Gasteiger partial charge on any atom is -0.494 e. The molecule has 8 nitrogen and oxygen atoms in total. The highest BCUT2D eigenvalue weighted by Crippen LogP contribution is 2.34. The molecular weight excluding hydrogens is 384 g/mol. The van der Waals surface area contributed by atoms with E-state index in [1.807, 2.05) is 31.2 Å². The van der Waals surface area contributed by atoms with Gasteiger partial charge in [-0.3, -0.25) is 4.90 Å².